The summed E-state index contributed by atoms with van der Waals surface area (Å²) >= 11 is 0. The lowest BCUT2D eigenvalue weighted by Gasteiger charge is -2.07. The van der Waals surface area contributed by atoms with E-state index in [0.717, 1.165) is 25.1 Å². The number of aromatic nitrogens is 1. The highest BCUT2D eigenvalue weighted by Crippen LogP contribution is 2.22. The summed E-state index contributed by atoms with van der Waals surface area (Å²) in [4.78, 5) is 4.13. The maximum atomic E-state index is 5.16. The fraction of sp³-hybridized carbons (Fsp3) is 0.312. The zero-order valence-electron chi connectivity index (χ0n) is 11.5. The first-order chi connectivity index (χ1) is 9.33. The van der Waals surface area contributed by atoms with Gasteiger partial charge in [0.15, 0.2) is 0 Å². The van der Waals surface area contributed by atoms with Crippen LogP contribution in [0.3, 0.4) is 0 Å². The molecule has 0 aliphatic carbocycles. The third-order valence-corrected chi connectivity index (χ3v) is 2.96. The molecule has 0 bridgehead atoms. The number of methoxy groups -OCH3 is 1. The maximum Gasteiger partial charge on any atom is 0.213 e. The number of rotatable bonds is 6. The van der Waals surface area contributed by atoms with Gasteiger partial charge in [0.05, 0.1) is 7.11 Å². The first-order valence-corrected chi connectivity index (χ1v) is 6.63. The summed E-state index contributed by atoms with van der Waals surface area (Å²) in [6.45, 7) is 4.13. The van der Waals surface area contributed by atoms with Crippen molar-refractivity contribution in [2.24, 2.45) is 0 Å². The van der Waals surface area contributed by atoms with Crippen LogP contribution in [0.15, 0.2) is 42.6 Å². The van der Waals surface area contributed by atoms with Crippen molar-refractivity contribution < 1.29 is 4.74 Å². The van der Waals surface area contributed by atoms with Crippen LogP contribution in [0.2, 0.25) is 0 Å². The van der Waals surface area contributed by atoms with Crippen molar-refractivity contribution in [2.75, 3.05) is 13.7 Å². The molecule has 0 fully saturated rings. The van der Waals surface area contributed by atoms with Crippen molar-refractivity contribution in [3.63, 3.8) is 0 Å². The molecule has 0 amide bonds. The summed E-state index contributed by atoms with van der Waals surface area (Å²) in [5, 5.41) is 3.42. The molecular formula is C16H20N2O. The predicted molar refractivity (Wildman–Crippen MR) is 78.2 cm³/mol. The summed E-state index contributed by atoms with van der Waals surface area (Å²) in [5.41, 5.74) is 3.61. The van der Waals surface area contributed by atoms with Crippen LogP contribution in [0, 0.1) is 0 Å². The Hall–Kier alpha value is -1.87. The Kier molecular flexibility index (Phi) is 4.93. The molecular weight excluding hydrogens is 236 g/mol. The number of hydrogen-bond acceptors (Lipinski definition) is 3. The van der Waals surface area contributed by atoms with Gasteiger partial charge in [-0.3, -0.25) is 0 Å². The second kappa shape index (κ2) is 6.90. The summed E-state index contributed by atoms with van der Waals surface area (Å²) in [6.07, 6.45) is 2.93. The minimum atomic E-state index is 0.645. The highest BCUT2D eigenvalue weighted by atomic mass is 16.5. The van der Waals surface area contributed by atoms with Crippen molar-refractivity contribution in [1.29, 1.82) is 0 Å². The van der Waals surface area contributed by atoms with Crippen molar-refractivity contribution in [2.45, 2.75) is 19.9 Å². The number of pyridine rings is 1. The van der Waals surface area contributed by atoms with Gasteiger partial charge in [0.1, 0.15) is 0 Å². The fourth-order valence-electron chi connectivity index (χ4n) is 1.97. The highest BCUT2D eigenvalue weighted by molar-refractivity contribution is 5.64. The SMILES string of the molecule is CCCNCc1cccc(-c2ccnc(OC)c2)c1. The zero-order valence-corrected chi connectivity index (χ0v) is 11.5. The third-order valence-electron chi connectivity index (χ3n) is 2.96. The van der Waals surface area contributed by atoms with Crippen molar-refractivity contribution in [1.82, 2.24) is 10.3 Å². The van der Waals surface area contributed by atoms with Crippen LogP contribution in [0.5, 0.6) is 5.88 Å². The molecule has 1 aromatic heterocycles. The van der Waals surface area contributed by atoms with Crippen molar-refractivity contribution in [3.8, 4) is 17.0 Å². The Morgan fingerprint density at radius 3 is 2.79 bits per heavy atom. The number of nitrogens with one attached hydrogen (secondary N) is 1. The van der Waals surface area contributed by atoms with Crippen molar-refractivity contribution in [3.05, 3.63) is 48.2 Å². The average Bonchev–Trinajstić information content (AvgIpc) is 2.48. The van der Waals surface area contributed by atoms with Gasteiger partial charge in [0.2, 0.25) is 5.88 Å². The minimum Gasteiger partial charge on any atom is -0.481 e. The molecule has 1 N–H and O–H groups in total. The molecule has 100 valence electrons. The lowest BCUT2D eigenvalue weighted by atomic mass is 10.0. The van der Waals surface area contributed by atoms with E-state index in [1.54, 1.807) is 13.3 Å². The molecule has 0 atom stereocenters. The quantitative estimate of drug-likeness (QED) is 0.806. The van der Waals surface area contributed by atoms with Crippen LogP contribution >= 0.6 is 0 Å². The van der Waals surface area contributed by atoms with Gasteiger partial charge in [-0.15, -0.1) is 0 Å². The summed E-state index contributed by atoms with van der Waals surface area (Å²) in [7, 11) is 1.64. The smallest absolute Gasteiger partial charge is 0.213 e. The van der Waals surface area contributed by atoms with Gasteiger partial charge in [0.25, 0.3) is 0 Å². The van der Waals surface area contributed by atoms with Crippen LogP contribution in [0.1, 0.15) is 18.9 Å². The minimum absolute atomic E-state index is 0.645. The standard InChI is InChI=1S/C16H20N2O/c1-3-8-17-12-13-5-4-6-14(10-13)15-7-9-18-16(11-15)19-2/h4-7,9-11,17H,3,8,12H2,1-2H3. The number of hydrogen-bond donors (Lipinski definition) is 1. The monoisotopic (exact) mass is 256 g/mol. The topological polar surface area (TPSA) is 34.2 Å². The number of benzene rings is 1. The van der Waals surface area contributed by atoms with E-state index in [-0.39, 0.29) is 0 Å². The molecule has 3 heteroatoms. The van der Waals surface area contributed by atoms with E-state index in [1.165, 1.54) is 11.1 Å². The van der Waals surface area contributed by atoms with Gasteiger partial charge in [0, 0.05) is 18.8 Å². The van der Waals surface area contributed by atoms with Gasteiger partial charge < -0.3 is 10.1 Å². The molecule has 1 heterocycles. The van der Waals surface area contributed by atoms with E-state index < -0.39 is 0 Å². The van der Waals surface area contributed by atoms with E-state index in [2.05, 4.69) is 41.5 Å². The maximum absolute atomic E-state index is 5.16. The lowest BCUT2D eigenvalue weighted by Crippen LogP contribution is -2.13. The number of ether oxygens (including phenoxy) is 1. The van der Waals surface area contributed by atoms with Crippen molar-refractivity contribution >= 4 is 0 Å². The second-order valence-electron chi connectivity index (χ2n) is 4.46. The summed E-state index contributed by atoms with van der Waals surface area (Å²) in [6, 6.07) is 12.5. The molecule has 1 aromatic carbocycles. The molecule has 2 aromatic rings. The van der Waals surface area contributed by atoms with Gasteiger partial charge in [-0.2, -0.15) is 0 Å². The summed E-state index contributed by atoms with van der Waals surface area (Å²) < 4.78 is 5.16. The Morgan fingerprint density at radius 2 is 2.00 bits per heavy atom. The fourth-order valence-corrected chi connectivity index (χ4v) is 1.97. The Bertz CT molecular complexity index is 526. The molecule has 0 aliphatic rings. The molecule has 0 aliphatic heterocycles. The van der Waals surface area contributed by atoms with Crippen LogP contribution in [-0.2, 0) is 6.54 Å². The van der Waals surface area contributed by atoms with E-state index in [1.807, 2.05) is 12.1 Å². The molecule has 3 nitrogen and oxygen atoms in total. The van der Waals surface area contributed by atoms with E-state index in [4.69, 9.17) is 4.74 Å². The molecule has 19 heavy (non-hydrogen) atoms. The first kappa shape index (κ1) is 13.6. The highest BCUT2D eigenvalue weighted by Gasteiger charge is 2.01. The van der Waals surface area contributed by atoms with E-state index in [0.29, 0.717) is 5.88 Å². The first-order valence-electron chi connectivity index (χ1n) is 6.63. The largest absolute Gasteiger partial charge is 0.481 e. The van der Waals surface area contributed by atoms with Crippen LogP contribution < -0.4 is 10.1 Å². The van der Waals surface area contributed by atoms with Crippen LogP contribution in [0.4, 0.5) is 0 Å². The lowest BCUT2D eigenvalue weighted by molar-refractivity contribution is 0.398. The van der Waals surface area contributed by atoms with Gasteiger partial charge in [-0.05, 0) is 41.8 Å². The Morgan fingerprint density at radius 1 is 1.16 bits per heavy atom. The third kappa shape index (κ3) is 3.80. The summed E-state index contributed by atoms with van der Waals surface area (Å²) in [5.74, 6) is 0.645. The van der Waals surface area contributed by atoms with Gasteiger partial charge >= 0.3 is 0 Å². The predicted octanol–water partition coefficient (Wildman–Crippen LogP) is 3.26. The molecule has 0 spiro atoms. The van der Waals surface area contributed by atoms with Crippen LogP contribution in [0.25, 0.3) is 11.1 Å². The molecule has 2 rings (SSSR count). The van der Waals surface area contributed by atoms with E-state index >= 15 is 0 Å². The Balaban J connectivity index is 2.17. The van der Waals surface area contributed by atoms with Crippen LogP contribution in [-0.4, -0.2) is 18.6 Å². The molecule has 0 saturated carbocycles. The average molecular weight is 256 g/mol. The molecule has 0 unspecified atom stereocenters. The Labute approximate surface area is 114 Å². The number of nitrogens with zero attached hydrogens (tertiary/aromatic N) is 1. The van der Waals surface area contributed by atoms with Gasteiger partial charge in [-0.1, -0.05) is 25.1 Å². The normalized spacial score (nSPS) is 10.4. The van der Waals surface area contributed by atoms with E-state index in [9.17, 15) is 0 Å². The second-order valence-corrected chi connectivity index (χ2v) is 4.46. The zero-order chi connectivity index (χ0) is 13.5. The van der Waals surface area contributed by atoms with Gasteiger partial charge in [-0.25, -0.2) is 4.98 Å². The molecule has 0 radical (unpaired) electrons. The molecule has 0 saturated heterocycles.